The molecule has 0 aromatic rings. The van der Waals surface area contributed by atoms with E-state index < -0.39 is 0 Å². The molecule has 0 aromatic heterocycles. The molecule has 0 radical (unpaired) electrons. The molecule has 2 aliphatic rings. The van der Waals surface area contributed by atoms with E-state index in [1.807, 2.05) is 7.05 Å². The van der Waals surface area contributed by atoms with Crippen molar-refractivity contribution in [3.63, 3.8) is 0 Å². The molecule has 1 heterocycles. The van der Waals surface area contributed by atoms with Crippen molar-refractivity contribution in [2.24, 2.45) is 0 Å². The number of ether oxygens (including phenoxy) is 1. The van der Waals surface area contributed by atoms with Gasteiger partial charge in [-0.1, -0.05) is 0 Å². The van der Waals surface area contributed by atoms with Crippen molar-refractivity contribution in [1.29, 1.82) is 5.26 Å². The number of nitriles is 1. The van der Waals surface area contributed by atoms with Crippen LogP contribution in [0.5, 0.6) is 0 Å². The number of morpholine rings is 1. The third-order valence-electron chi connectivity index (χ3n) is 4.15. The van der Waals surface area contributed by atoms with Crippen LogP contribution in [0, 0.1) is 11.3 Å². The van der Waals surface area contributed by atoms with Crippen LogP contribution >= 0.6 is 0 Å². The predicted octanol–water partition coefficient (Wildman–Crippen LogP) is 1.13. The Bertz CT molecular complexity index is 323. The molecule has 17 heavy (non-hydrogen) atoms. The molecule has 4 heteroatoms. The second kappa shape index (κ2) is 4.56. The lowest BCUT2D eigenvalue weighted by Crippen LogP contribution is -2.52. The maximum absolute atomic E-state index is 9.28. The van der Waals surface area contributed by atoms with E-state index >= 15 is 0 Å². The Morgan fingerprint density at radius 2 is 2.24 bits per heavy atom. The first-order valence-electron chi connectivity index (χ1n) is 6.48. The lowest BCUT2D eigenvalue weighted by molar-refractivity contribution is -0.0967. The standard InChI is InChI=1S/C13H23N3O/c1-12(2)10-16(6-7-17-12)11-4-5-13(8-11,9-14)15-3/h11,15H,4-8,10H2,1-3H3. The number of hydrogen-bond donors (Lipinski definition) is 1. The summed E-state index contributed by atoms with van der Waals surface area (Å²) in [7, 11) is 1.90. The summed E-state index contributed by atoms with van der Waals surface area (Å²) >= 11 is 0. The van der Waals surface area contributed by atoms with E-state index in [2.05, 4.69) is 30.1 Å². The Balaban J connectivity index is 1.99. The summed E-state index contributed by atoms with van der Waals surface area (Å²) in [5.41, 5.74) is -0.344. The van der Waals surface area contributed by atoms with Crippen LogP contribution in [0.1, 0.15) is 33.1 Å². The first kappa shape index (κ1) is 12.8. The van der Waals surface area contributed by atoms with Gasteiger partial charge in [0.15, 0.2) is 0 Å². The molecular weight excluding hydrogens is 214 g/mol. The molecule has 2 unspecified atom stereocenters. The van der Waals surface area contributed by atoms with Crippen molar-refractivity contribution in [3.05, 3.63) is 0 Å². The molecule has 96 valence electrons. The van der Waals surface area contributed by atoms with Crippen molar-refractivity contribution < 1.29 is 4.74 Å². The van der Waals surface area contributed by atoms with Crippen LogP contribution in [0.4, 0.5) is 0 Å². The monoisotopic (exact) mass is 237 g/mol. The van der Waals surface area contributed by atoms with Crippen LogP contribution in [-0.2, 0) is 4.74 Å². The van der Waals surface area contributed by atoms with Gasteiger partial charge in [-0.25, -0.2) is 0 Å². The minimum atomic E-state index is -0.298. The molecule has 1 aliphatic carbocycles. The minimum absolute atomic E-state index is 0.0458. The molecular formula is C13H23N3O. The summed E-state index contributed by atoms with van der Waals surface area (Å²) in [6.07, 6.45) is 3.02. The molecule has 0 bridgehead atoms. The van der Waals surface area contributed by atoms with Crippen LogP contribution in [0.15, 0.2) is 0 Å². The Hall–Kier alpha value is -0.630. The van der Waals surface area contributed by atoms with Gasteiger partial charge in [-0.05, 0) is 40.2 Å². The molecule has 1 aliphatic heterocycles. The Morgan fingerprint density at radius 3 is 2.76 bits per heavy atom. The Kier molecular flexibility index (Phi) is 3.44. The smallest absolute Gasteiger partial charge is 0.108 e. The van der Waals surface area contributed by atoms with E-state index in [9.17, 15) is 5.26 Å². The zero-order chi connectivity index (χ0) is 12.5. The number of rotatable bonds is 2. The summed E-state index contributed by atoms with van der Waals surface area (Å²) in [6, 6.07) is 2.98. The average molecular weight is 237 g/mol. The largest absolute Gasteiger partial charge is 0.373 e. The maximum atomic E-state index is 9.28. The van der Waals surface area contributed by atoms with Gasteiger partial charge in [0.05, 0.1) is 18.3 Å². The Morgan fingerprint density at radius 1 is 1.47 bits per heavy atom. The summed E-state index contributed by atoms with van der Waals surface area (Å²) in [5.74, 6) is 0. The van der Waals surface area contributed by atoms with Crippen molar-refractivity contribution in [2.75, 3.05) is 26.7 Å². The lowest BCUT2D eigenvalue weighted by Gasteiger charge is -2.41. The maximum Gasteiger partial charge on any atom is 0.108 e. The van der Waals surface area contributed by atoms with Gasteiger partial charge in [0.1, 0.15) is 5.54 Å². The van der Waals surface area contributed by atoms with E-state index in [0.29, 0.717) is 6.04 Å². The van der Waals surface area contributed by atoms with Crippen molar-refractivity contribution in [1.82, 2.24) is 10.2 Å². The highest BCUT2D eigenvalue weighted by atomic mass is 16.5. The second-order valence-electron chi connectivity index (χ2n) is 5.92. The molecule has 2 atom stereocenters. The predicted molar refractivity (Wildman–Crippen MR) is 66.6 cm³/mol. The normalized spacial score (nSPS) is 37.9. The molecule has 0 aromatic carbocycles. The minimum Gasteiger partial charge on any atom is -0.373 e. The lowest BCUT2D eigenvalue weighted by atomic mass is 9.99. The van der Waals surface area contributed by atoms with Gasteiger partial charge in [-0.2, -0.15) is 5.26 Å². The van der Waals surface area contributed by atoms with Crippen LogP contribution in [-0.4, -0.2) is 48.8 Å². The molecule has 1 saturated carbocycles. The van der Waals surface area contributed by atoms with E-state index in [4.69, 9.17) is 4.74 Å². The fourth-order valence-electron chi connectivity index (χ4n) is 3.08. The Labute approximate surface area is 104 Å². The van der Waals surface area contributed by atoms with Crippen LogP contribution in [0.3, 0.4) is 0 Å². The molecule has 0 amide bonds. The quantitative estimate of drug-likeness (QED) is 0.782. The van der Waals surface area contributed by atoms with Crippen molar-refractivity contribution in [2.45, 2.75) is 50.3 Å². The SMILES string of the molecule is CNC1(C#N)CCC(N2CCOC(C)(C)C2)C1. The number of nitrogens with one attached hydrogen (secondary N) is 1. The first-order chi connectivity index (χ1) is 8.00. The fourth-order valence-corrected chi connectivity index (χ4v) is 3.08. The van der Waals surface area contributed by atoms with Crippen LogP contribution in [0.25, 0.3) is 0 Å². The van der Waals surface area contributed by atoms with Gasteiger partial charge < -0.3 is 10.1 Å². The van der Waals surface area contributed by atoms with E-state index in [-0.39, 0.29) is 11.1 Å². The summed E-state index contributed by atoms with van der Waals surface area (Å²) in [4.78, 5) is 2.50. The zero-order valence-electron chi connectivity index (χ0n) is 11.1. The summed E-state index contributed by atoms with van der Waals surface area (Å²) in [5, 5.41) is 12.5. The van der Waals surface area contributed by atoms with Gasteiger partial charge in [0.2, 0.25) is 0 Å². The van der Waals surface area contributed by atoms with Gasteiger partial charge in [-0.15, -0.1) is 0 Å². The third kappa shape index (κ3) is 2.62. The summed E-state index contributed by atoms with van der Waals surface area (Å²) in [6.45, 7) is 7.07. The highest BCUT2D eigenvalue weighted by Crippen LogP contribution is 2.34. The molecule has 2 rings (SSSR count). The topological polar surface area (TPSA) is 48.3 Å². The first-order valence-corrected chi connectivity index (χ1v) is 6.48. The van der Waals surface area contributed by atoms with Crippen LogP contribution < -0.4 is 5.32 Å². The van der Waals surface area contributed by atoms with Crippen molar-refractivity contribution in [3.8, 4) is 6.07 Å². The van der Waals surface area contributed by atoms with Gasteiger partial charge >= 0.3 is 0 Å². The van der Waals surface area contributed by atoms with E-state index in [1.165, 1.54) is 0 Å². The highest BCUT2D eigenvalue weighted by Gasteiger charge is 2.42. The van der Waals surface area contributed by atoms with Gasteiger partial charge in [0.25, 0.3) is 0 Å². The second-order valence-corrected chi connectivity index (χ2v) is 5.92. The molecule has 4 nitrogen and oxygen atoms in total. The van der Waals surface area contributed by atoms with Crippen LogP contribution in [0.2, 0.25) is 0 Å². The highest BCUT2D eigenvalue weighted by molar-refractivity contribution is 5.13. The molecule has 1 N–H and O–H groups in total. The van der Waals surface area contributed by atoms with Crippen molar-refractivity contribution >= 4 is 0 Å². The zero-order valence-corrected chi connectivity index (χ0v) is 11.1. The number of nitrogens with zero attached hydrogens (tertiary/aromatic N) is 2. The third-order valence-corrected chi connectivity index (χ3v) is 4.15. The van der Waals surface area contributed by atoms with E-state index in [0.717, 1.165) is 39.0 Å². The van der Waals surface area contributed by atoms with E-state index in [1.54, 1.807) is 0 Å². The van der Waals surface area contributed by atoms with Gasteiger partial charge in [-0.3, -0.25) is 4.90 Å². The average Bonchev–Trinajstić information content (AvgIpc) is 2.73. The molecule has 2 fully saturated rings. The fraction of sp³-hybridized carbons (Fsp3) is 0.923. The molecule has 0 spiro atoms. The van der Waals surface area contributed by atoms with Gasteiger partial charge in [0, 0.05) is 19.1 Å². The molecule has 1 saturated heterocycles. The summed E-state index contributed by atoms with van der Waals surface area (Å²) < 4.78 is 5.74. The number of hydrogen-bond acceptors (Lipinski definition) is 4.